The van der Waals surface area contributed by atoms with E-state index in [0.29, 0.717) is 54.1 Å². The van der Waals surface area contributed by atoms with Gasteiger partial charge in [0, 0.05) is 97.5 Å². The molecule has 11 heterocycles. The first-order valence-corrected chi connectivity index (χ1v) is 39.4. The van der Waals surface area contributed by atoms with Crippen molar-refractivity contribution in [2.75, 3.05) is 56.8 Å². The van der Waals surface area contributed by atoms with Crippen molar-refractivity contribution in [3.05, 3.63) is 155 Å². The Hall–Kier alpha value is -6.86. The first-order chi connectivity index (χ1) is 46.7. The van der Waals surface area contributed by atoms with E-state index in [4.69, 9.17) is 23.7 Å². The quantitative estimate of drug-likeness (QED) is 0.169. The Morgan fingerprint density at radius 3 is 1.34 bits per heavy atom. The molecule has 2 N–H and O–H groups in total. The van der Waals surface area contributed by atoms with Crippen LogP contribution in [0.1, 0.15) is 184 Å². The fourth-order valence-corrected chi connectivity index (χ4v) is 19.1. The zero-order chi connectivity index (χ0) is 67.8. The van der Waals surface area contributed by atoms with Crippen LogP contribution in [0.4, 0.5) is 20.2 Å². The lowest BCUT2D eigenvalue weighted by Crippen LogP contribution is -2.25. The fourth-order valence-electron chi connectivity index (χ4n) is 12.7. The summed E-state index contributed by atoms with van der Waals surface area (Å²) in [6.45, 7) is 32.1. The second kappa shape index (κ2) is 29.5. The van der Waals surface area contributed by atoms with Crippen molar-refractivity contribution in [2.24, 2.45) is 0 Å². The summed E-state index contributed by atoms with van der Waals surface area (Å²) in [5.74, 6) is 8.62. The summed E-state index contributed by atoms with van der Waals surface area (Å²) in [5, 5.41) is 14.2. The molecule has 1 aliphatic carbocycles. The largest absolute Gasteiger partial charge is 0.586 e. The number of benzene rings is 6. The van der Waals surface area contributed by atoms with Gasteiger partial charge in [0.05, 0.1) is 18.0 Å². The summed E-state index contributed by atoms with van der Waals surface area (Å²) < 4.78 is 71.2. The lowest BCUT2D eigenvalue weighted by atomic mass is 9.89. The molecule has 0 fully saturated rings. The van der Waals surface area contributed by atoms with E-state index in [2.05, 4.69) is 188 Å². The highest BCUT2D eigenvalue weighted by Crippen LogP contribution is 2.50. The lowest BCUT2D eigenvalue weighted by molar-refractivity contribution is -0.286. The average molecular weight is 1420 g/mol. The van der Waals surface area contributed by atoms with Gasteiger partial charge >= 0.3 is 6.29 Å². The normalized spacial score (nSPS) is 15.3. The summed E-state index contributed by atoms with van der Waals surface area (Å²) in [4.78, 5) is 8.41. The molecule has 0 unspecified atom stereocenters. The third kappa shape index (κ3) is 15.0. The van der Waals surface area contributed by atoms with Crippen molar-refractivity contribution in [3.63, 3.8) is 0 Å². The van der Waals surface area contributed by atoms with Crippen molar-refractivity contribution in [1.29, 1.82) is 0 Å². The smallest absolute Gasteiger partial charge is 0.493 e. The summed E-state index contributed by atoms with van der Waals surface area (Å²) in [7, 11) is 0. The van der Waals surface area contributed by atoms with E-state index in [1.165, 1.54) is 112 Å². The SMILES string of the molecule is CC(C)c1cc2c3c(ccc2s1)CCCC3.CC(C)c1cc2c3c(ccc2s1)CCCO3.CC(C)c1cc2c3c(ccc2s1)NCCO3.CC(C)c1cc2c3c(ccc2s1)OC(F)(F)O3.CC(C)c1cc2c3c(ccc2s1)OCCN3.CC(C)c1cc2c3c(ccc2s1)OCCO3. The summed E-state index contributed by atoms with van der Waals surface area (Å²) in [6, 6.07) is 38.6. The van der Waals surface area contributed by atoms with Gasteiger partial charge in [-0.1, -0.05) is 95.2 Å². The molecule has 18 rings (SSSR count). The molecule has 0 amide bonds. The Kier molecular flexibility index (Phi) is 20.9. The number of hydrogen-bond donors (Lipinski definition) is 2. The third-order valence-corrected chi connectivity index (χ3v) is 26.4. The lowest BCUT2D eigenvalue weighted by Gasteiger charge is -2.19. The molecule has 6 aromatic carbocycles. The van der Waals surface area contributed by atoms with Gasteiger partial charge in [-0.25, -0.2) is 0 Å². The molecule has 12 aromatic rings. The van der Waals surface area contributed by atoms with Gasteiger partial charge in [0.2, 0.25) is 0 Å². The molecular weight excluding hydrogens is 1330 g/mol. The molecule has 0 saturated carbocycles. The van der Waals surface area contributed by atoms with Crippen LogP contribution in [-0.4, -0.2) is 52.4 Å². The minimum Gasteiger partial charge on any atom is -0.493 e. The van der Waals surface area contributed by atoms with Crippen molar-refractivity contribution in [3.8, 4) is 40.2 Å². The molecule has 97 heavy (non-hydrogen) atoms. The number of thiophene rings is 6. The number of halogens is 2. The highest BCUT2D eigenvalue weighted by Gasteiger charge is 2.44. The molecule has 9 nitrogen and oxygen atoms in total. The Morgan fingerprint density at radius 2 is 0.742 bits per heavy atom. The Balaban J connectivity index is 0.000000105. The van der Waals surface area contributed by atoms with Crippen LogP contribution in [0.3, 0.4) is 0 Å². The molecule has 0 saturated heterocycles. The highest BCUT2D eigenvalue weighted by molar-refractivity contribution is 7.21. The Morgan fingerprint density at radius 1 is 0.340 bits per heavy atom. The van der Waals surface area contributed by atoms with E-state index < -0.39 is 6.29 Å². The predicted molar refractivity (Wildman–Crippen MR) is 411 cm³/mol. The first kappa shape index (κ1) is 68.7. The summed E-state index contributed by atoms with van der Waals surface area (Å²) in [6.07, 6.45) is 4.10. The molecule has 0 bridgehead atoms. The number of fused-ring (bicyclic) bond motifs is 18. The zero-order valence-electron chi connectivity index (χ0n) is 57.6. The number of ether oxygens (including phenoxy) is 7. The average Bonchev–Trinajstić information content (AvgIpc) is 2.09. The highest BCUT2D eigenvalue weighted by atomic mass is 32.1. The topological polar surface area (TPSA) is 88.7 Å². The Labute approximate surface area is 593 Å². The van der Waals surface area contributed by atoms with Gasteiger partial charge in [0.25, 0.3) is 0 Å². The van der Waals surface area contributed by atoms with E-state index >= 15 is 0 Å². The maximum Gasteiger partial charge on any atom is 0.586 e. The van der Waals surface area contributed by atoms with Crippen LogP contribution in [0.2, 0.25) is 0 Å². The van der Waals surface area contributed by atoms with Gasteiger partial charge in [-0.15, -0.1) is 76.8 Å². The van der Waals surface area contributed by atoms with Gasteiger partial charge in [0.1, 0.15) is 37.9 Å². The minimum atomic E-state index is -3.55. The van der Waals surface area contributed by atoms with Gasteiger partial charge in [-0.2, -0.15) is 0 Å². The molecule has 0 spiro atoms. The van der Waals surface area contributed by atoms with Crippen molar-refractivity contribution >= 4 is 140 Å². The predicted octanol–water partition coefficient (Wildman–Crippen LogP) is 25.1. The second-order valence-corrected chi connectivity index (χ2v) is 34.0. The van der Waals surface area contributed by atoms with E-state index in [0.717, 1.165) is 89.8 Å². The number of rotatable bonds is 6. The maximum absolute atomic E-state index is 13.0. The van der Waals surface area contributed by atoms with E-state index in [-0.39, 0.29) is 11.5 Å². The van der Waals surface area contributed by atoms with Gasteiger partial charge in [-0.05, 0) is 193 Å². The zero-order valence-corrected chi connectivity index (χ0v) is 62.5. The molecule has 6 aliphatic rings. The molecule has 0 radical (unpaired) electrons. The maximum atomic E-state index is 13.0. The molecule has 0 atom stereocenters. The van der Waals surface area contributed by atoms with Crippen LogP contribution in [-0.2, 0) is 19.3 Å². The van der Waals surface area contributed by atoms with Crippen LogP contribution < -0.4 is 43.8 Å². The molecule has 5 aliphatic heterocycles. The third-order valence-electron chi connectivity index (χ3n) is 18.0. The number of hydrogen-bond acceptors (Lipinski definition) is 15. The van der Waals surface area contributed by atoms with Crippen LogP contribution in [0.5, 0.6) is 40.2 Å². The molecule has 6 aromatic heterocycles. The van der Waals surface area contributed by atoms with Gasteiger partial charge in [-0.3, -0.25) is 0 Å². The van der Waals surface area contributed by atoms with Crippen LogP contribution in [0, 0.1) is 0 Å². The number of nitrogens with one attached hydrogen (secondary N) is 2. The van der Waals surface area contributed by atoms with E-state index in [1.807, 2.05) is 68.8 Å². The summed E-state index contributed by atoms with van der Waals surface area (Å²) >= 11 is 11.1. The van der Waals surface area contributed by atoms with Crippen LogP contribution >= 0.6 is 68.0 Å². The molecular formula is C80H88F2N2O7S6. The van der Waals surface area contributed by atoms with Crippen molar-refractivity contribution in [2.45, 2.75) is 163 Å². The number of aryl methyl sites for hydroxylation is 3. The van der Waals surface area contributed by atoms with Gasteiger partial charge < -0.3 is 43.8 Å². The van der Waals surface area contributed by atoms with Crippen molar-refractivity contribution < 1.29 is 41.9 Å². The minimum absolute atomic E-state index is 0.107. The standard InChI is InChI=1S/C15H18S.C14H16OS.2C13H15NOS.C13H14O2S.C12H10F2O2S/c1-10(2)15-9-13-12-6-4-3-5-11(12)7-8-14(13)16-15;1-9(2)13-8-11-12(16-13)6-5-10-4-3-7-15-14(10)11;1-8(2)12-7-9-11(16-12)4-3-10-13(9)14-5-6-15-10;2*1-8(2)12-7-9-11(16-12)4-3-10-13(9)15-6-5-14-10;1-6(2)10-5-7-9(17-10)4-3-8-11(7)16-12(13,14)15-8/h7-10H,3-6H2,1-2H3;5-6,8-9H,3-4,7H2,1-2H3;2*3-4,7-8,14H,5-6H2,1-2H3;3-4,7-8H,5-6H2,1-2H3;3-6H,1-2H3. The van der Waals surface area contributed by atoms with Gasteiger partial charge in [0.15, 0.2) is 28.7 Å². The van der Waals surface area contributed by atoms with E-state index in [9.17, 15) is 8.78 Å². The Bertz CT molecular complexity index is 4200. The second-order valence-electron chi connectivity index (χ2n) is 27.3. The van der Waals surface area contributed by atoms with E-state index in [1.54, 1.807) is 33.9 Å². The number of alkyl halides is 2. The monoisotopic (exact) mass is 1420 g/mol. The van der Waals surface area contributed by atoms with Crippen LogP contribution in [0.15, 0.2) is 109 Å². The van der Waals surface area contributed by atoms with Crippen LogP contribution in [0.25, 0.3) is 60.5 Å². The number of anilines is 2. The molecule has 17 heteroatoms. The summed E-state index contributed by atoms with van der Waals surface area (Å²) in [5.41, 5.74) is 6.93. The fraction of sp³-hybridized carbons (Fsp3) is 0.400. The first-order valence-electron chi connectivity index (χ1n) is 34.5. The van der Waals surface area contributed by atoms with Crippen molar-refractivity contribution in [1.82, 2.24) is 0 Å². The molecule has 510 valence electrons.